The highest BCUT2D eigenvalue weighted by atomic mass is 79.9. The van der Waals surface area contributed by atoms with Gasteiger partial charge in [0, 0.05) is 23.6 Å². The van der Waals surface area contributed by atoms with E-state index in [2.05, 4.69) is 15.9 Å². The second-order valence-corrected chi connectivity index (χ2v) is 6.02. The van der Waals surface area contributed by atoms with Gasteiger partial charge in [0.2, 0.25) is 0 Å². The molecule has 0 bridgehead atoms. The third-order valence-electron chi connectivity index (χ3n) is 2.49. The maximum atomic E-state index is 12.8. The fraction of sp³-hybridized carbons (Fsp3) is 0.462. The lowest BCUT2D eigenvalue weighted by atomic mass is 10.1. The summed E-state index contributed by atoms with van der Waals surface area (Å²) in [6.45, 7) is 3.04. The number of hydrogen-bond donors (Lipinski definition) is 1. The van der Waals surface area contributed by atoms with Gasteiger partial charge in [-0.25, -0.2) is 0 Å². The summed E-state index contributed by atoms with van der Waals surface area (Å²) in [6, 6.07) is 3.30. The first-order chi connectivity index (χ1) is 8.92. The summed E-state index contributed by atoms with van der Waals surface area (Å²) in [5, 5.41) is 9.63. The molecule has 0 radical (unpaired) electrons. The highest BCUT2D eigenvalue weighted by Gasteiger charge is 2.34. The third-order valence-corrected chi connectivity index (χ3v) is 3.18. The molecular formula is C13H15BrF3NO2. The summed E-state index contributed by atoms with van der Waals surface area (Å²) in [4.78, 5) is 13.2. The average Bonchev–Trinajstić information content (AvgIpc) is 2.24. The number of carbonyl (C=O) groups excluding carboxylic acids is 1. The van der Waals surface area contributed by atoms with Crippen molar-refractivity contribution >= 4 is 21.8 Å². The fourth-order valence-electron chi connectivity index (χ4n) is 1.75. The summed E-state index contributed by atoms with van der Waals surface area (Å²) < 4.78 is 38.2. The lowest BCUT2D eigenvalue weighted by molar-refractivity contribution is -0.138. The molecule has 0 heterocycles. The molecule has 1 rings (SSSR count). The number of alkyl halides is 3. The van der Waals surface area contributed by atoms with Crippen LogP contribution in [0.1, 0.15) is 29.8 Å². The Labute approximate surface area is 123 Å². The lowest BCUT2D eigenvalue weighted by Gasteiger charge is -2.25. The molecule has 0 fully saturated rings. The maximum Gasteiger partial charge on any atom is 0.417 e. The van der Waals surface area contributed by atoms with Crippen LogP contribution in [0.15, 0.2) is 22.7 Å². The molecule has 0 saturated heterocycles. The molecule has 0 spiro atoms. The van der Waals surface area contributed by atoms with Gasteiger partial charge in [0.25, 0.3) is 5.91 Å². The van der Waals surface area contributed by atoms with Crippen LogP contribution in [-0.4, -0.2) is 35.1 Å². The van der Waals surface area contributed by atoms with Gasteiger partial charge in [-0.15, -0.1) is 0 Å². The first kappa shape index (κ1) is 17.0. The second kappa shape index (κ2) is 5.73. The van der Waals surface area contributed by atoms with Crippen LogP contribution < -0.4 is 0 Å². The lowest BCUT2D eigenvalue weighted by Crippen LogP contribution is -2.39. The minimum absolute atomic E-state index is 0.0171. The minimum atomic E-state index is -4.54. The van der Waals surface area contributed by atoms with E-state index in [9.17, 15) is 23.1 Å². The van der Waals surface area contributed by atoms with Crippen LogP contribution in [-0.2, 0) is 6.18 Å². The van der Waals surface area contributed by atoms with Gasteiger partial charge in [-0.2, -0.15) is 13.2 Å². The van der Waals surface area contributed by atoms with Gasteiger partial charge in [-0.1, -0.05) is 15.9 Å². The van der Waals surface area contributed by atoms with Crippen LogP contribution in [0.25, 0.3) is 0 Å². The van der Waals surface area contributed by atoms with Gasteiger partial charge < -0.3 is 10.0 Å². The Bertz CT molecular complexity index is 509. The Morgan fingerprint density at radius 2 is 1.90 bits per heavy atom. The standard InChI is InChI=1S/C13H15BrF3NO2/c1-12(2,20)7-18(3)11(19)8-4-5-10(14)9(6-8)13(15,16)17/h4-6,20H,7H2,1-3H3. The van der Waals surface area contributed by atoms with Crippen molar-refractivity contribution in [1.82, 2.24) is 4.90 Å². The summed E-state index contributed by atoms with van der Waals surface area (Å²) in [6.07, 6.45) is -4.54. The number of amides is 1. The monoisotopic (exact) mass is 353 g/mol. The number of halogens is 4. The Balaban J connectivity index is 3.06. The van der Waals surface area contributed by atoms with E-state index in [4.69, 9.17) is 0 Å². The maximum absolute atomic E-state index is 12.8. The number of benzene rings is 1. The molecule has 1 aromatic rings. The summed E-state index contributed by atoms with van der Waals surface area (Å²) in [5.74, 6) is -0.579. The minimum Gasteiger partial charge on any atom is -0.389 e. The van der Waals surface area contributed by atoms with Crippen molar-refractivity contribution in [3.05, 3.63) is 33.8 Å². The summed E-state index contributed by atoms with van der Waals surface area (Å²) in [7, 11) is 1.43. The smallest absolute Gasteiger partial charge is 0.389 e. The van der Waals surface area contributed by atoms with E-state index in [0.29, 0.717) is 0 Å². The highest BCUT2D eigenvalue weighted by Crippen LogP contribution is 2.35. The molecule has 0 saturated carbocycles. The predicted molar refractivity (Wildman–Crippen MR) is 72.4 cm³/mol. The fourth-order valence-corrected chi connectivity index (χ4v) is 2.22. The normalized spacial score (nSPS) is 12.4. The van der Waals surface area contributed by atoms with Gasteiger partial charge in [0.1, 0.15) is 0 Å². The topological polar surface area (TPSA) is 40.5 Å². The van der Waals surface area contributed by atoms with Crippen LogP contribution in [0.5, 0.6) is 0 Å². The summed E-state index contributed by atoms with van der Waals surface area (Å²) in [5.41, 5.74) is -2.10. The molecule has 0 atom stereocenters. The van der Waals surface area contributed by atoms with Crippen molar-refractivity contribution in [2.45, 2.75) is 25.6 Å². The molecule has 0 aliphatic heterocycles. The Morgan fingerprint density at radius 3 is 2.35 bits per heavy atom. The molecule has 20 heavy (non-hydrogen) atoms. The van der Waals surface area contributed by atoms with E-state index in [1.165, 1.54) is 37.9 Å². The molecular weight excluding hydrogens is 339 g/mol. The van der Waals surface area contributed by atoms with Crippen molar-refractivity contribution in [1.29, 1.82) is 0 Å². The van der Waals surface area contributed by atoms with Gasteiger partial charge in [0.15, 0.2) is 0 Å². The Kier molecular flexibility index (Phi) is 4.86. The number of rotatable bonds is 3. The van der Waals surface area contributed by atoms with E-state index >= 15 is 0 Å². The molecule has 0 aliphatic rings. The quantitative estimate of drug-likeness (QED) is 0.905. The molecule has 0 aliphatic carbocycles. The number of carbonyl (C=O) groups is 1. The molecule has 1 N–H and O–H groups in total. The number of hydrogen-bond acceptors (Lipinski definition) is 2. The average molecular weight is 354 g/mol. The van der Waals surface area contributed by atoms with Crippen molar-refractivity contribution in [3.8, 4) is 0 Å². The molecule has 0 aromatic heterocycles. The zero-order valence-electron chi connectivity index (χ0n) is 11.3. The van der Waals surface area contributed by atoms with Crippen LogP contribution in [0, 0.1) is 0 Å². The van der Waals surface area contributed by atoms with Gasteiger partial charge in [-0.05, 0) is 32.0 Å². The molecule has 1 amide bonds. The van der Waals surface area contributed by atoms with E-state index in [0.717, 1.165) is 6.07 Å². The molecule has 112 valence electrons. The molecule has 1 aromatic carbocycles. The molecule has 0 unspecified atom stereocenters. The Hall–Kier alpha value is -1.08. The zero-order valence-corrected chi connectivity index (χ0v) is 12.8. The SMILES string of the molecule is CN(CC(C)(C)O)C(=O)c1ccc(Br)c(C(F)(F)F)c1. The Morgan fingerprint density at radius 1 is 1.35 bits per heavy atom. The molecule has 3 nitrogen and oxygen atoms in total. The van der Waals surface area contributed by atoms with Crippen molar-refractivity contribution in [2.75, 3.05) is 13.6 Å². The van der Waals surface area contributed by atoms with E-state index in [-0.39, 0.29) is 16.6 Å². The first-order valence-electron chi connectivity index (χ1n) is 5.76. The largest absolute Gasteiger partial charge is 0.417 e. The third kappa shape index (κ3) is 4.49. The van der Waals surface area contributed by atoms with Crippen LogP contribution in [0.4, 0.5) is 13.2 Å². The van der Waals surface area contributed by atoms with Gasteiger partial charge >= 0.3 is 6.18 Å². The van der Waals surface area contributed by atoms with E-state index in [1.54, 1.807) is 0 Å². The highest BCUT2D eigenvalue weighted by molar-refractivity contribution is 9.10. The number of likely N-dealkylation sites (N-methyl/N-ethyl adjacent to an activating group) is 1. The van der Waals surface area contributed by atoms with Gasteiger partial charge in [-0.3, -0.25) is 4.79 Å². The number of nitrogens with zero attached hydrogens (tertiary/aromatic N) is 1. The zero-order chi connectivity index (χ0) is 15.7. The van der Waals surface area contributed by atoms with E-state index in [1.807, 2.05) is 0 Å². The second-order valence-electron chi connectivity index (χ2n) is 5.17. The van der Waals surface area contributed by atoms with E-state index < -0.39 is 23.2 Å². The van der Waals surface area contributed by atoms with Crippen LogP contribution in [0.2, 0.25) is 0 Å². The molecule has 7 heteroatoms. The summed E-state index contributed by atoms with van der Waals surface area (Å²) >= 11 is 2.82. The first-order valence-corrected chi connectivity index (χ1v) is 6.56. The van der Waals surface area contributed by atoms with Crippen molar-refractivity contribution in [2.24, 2.45) is 0 Å². The van der Waals surface area contributed by atoms with Gasteiger partial charge in [0.05, 0.1) is 11.2 Å². The number of aliphatic hydroxyl groups is 1. The van der Waals surface area contributed by atoms with Crippen LogP contribution >= 0.6 is 15.9 Å². The van der Waals surface area contributed by atoms with Crippen molar-refractivity contribution in [3.63, 3.8) is 0 Å². The van der Waals surface area contributed by atoms with Crippen LogP contribution in [0.3, 0.4) is 0 Å². The predicted octanol–water partition coefficient (Wildman–Crippen LogP) is 3.31. The van der Waals surface area contributed by atoms with Crippen molar-refractivity contribution < 1.29 is 23.1 Å².